The van der Waals surface area contributed by atoms with Crippen molar-refractivity contribution in [2.75, 3.05) is 18.0 Å². The Morgan fingerprint density at radius 2 is 2.37 bits per heavy atom. The molecule has 0 radical (unpaired) electrons. The lowest BCUT2D eigenvalue weighted by atomic mass is 10.1. The molecule has 19 heavy (non-hydrogen) atoms. The van der Waals surface area contributed by atoms with Crippen LogP contribution in [0.25, 0.3) is 0 Å². The molecule has 2 amide bonds. The minimum Gasteiger partial charge on any atom is -0.345 e. The molecule has 1 N–H and O–H groups in total. The standard InChI is InChI=1S/C14H13ClN2O2/c1-2-6-16-14(19)10-7-13(18)17(9-10)12-5-3-4-11(15)8-12/h1,3-5,8,10H,6-7,9H2,(H,16,19). The molecule has 0 spiro atoms. The first-order valence-electron chi connectivity index (χ1n) is 5.89. The fraction of sp³-hybridized carbons (Fsp3) is 0.286. The topological polar surface area (TPSA) is 49.4 Å². The maximum atomic E-state index is 11.9. The van der Waals surface area contributed by atoms with Crippen molar-refractivity contribution in [2.24, 2.45) is 5.92 Å². The van der Waals surface area contributed by atoms with Gasteiger partial charge < -0.3 is 10.2 Å². The van der Waals surface area contributed by atoms with E-state index in [-0.39, 0.29) is 30.7 Å². The molecule has 4 nitrogen and oxygen atoms in total. The van der Waals surface area contributed by atoms with Crippen molar-refractivity contribution < 1.29 is 9.59 Å². The maximum Gasteiger partial charge on any atom is 0.227 e. The van der Waals surface area contributed by atoms with Gasteiger partial charge in [0.15, 0.2) is 0 Å². The van der Waals surface area contributed by atoms with Crippen LogP contribution >= 0.6 is 11.6 Å². The van der Waals surface area contributed by atoms with E-state index in [4.69, 9.17) is 18.0 Å². The number of amides is 2. The summed E-state index contributed by atoms with van der Waals surface area (Å²) in [6.45, 7) is 0.538. The fourth-order valence-electron chi connectivity index (χ4n) is 2.06. The lowest BCUT2D eigenvalue weighted by Crippen LogP contribution is -2.33. The number of hydrogen-bond acceptors (Lipinski definition) is 2. The first-order chi connectivity index (χ1) is 9.11. The Kier molecular flexibility index (Phi) is 4.08. The van der Waals surface area contributed by atoms with Gasteiger partial charge in [-0.15, -0.1) is 6.42 Å². The van der Waals surface area contributed by atoms with Crippen molar-refractivity contribution in [2.45, 2.75) is 6.42 Å². The van der Waals surface area contributed by atoms with E-state index in [0.717, 1.165) is 0 Å². The normalized spacial score (nSPS) is 18.2. The predicted octanol–water partition coefficient (Wildman–Crippen LogP) is 1.44. The van der Waals surface area contributed by atoms with Crippen molar-refractivity contribution in [1.82, 2.24) is 5.32 Å². The molecular formula is C14H13ClN2O2. The van der Waals surface area contributed by atoms with Crippen LogP contribution in [0.2, 0.25) is 5.02 Å². The number of rotatable bonds is 3. The SMILES string of the molecule is C#CCNC(=O)C1CC(=O)N(c2cccc(Cl)c2)C1. The lowest BCUT2D eigenvalue weighted by Gasteiger charge is -2.16. The van der Waals surface area contributed by atoms with Gasteiger partial charge in [0, 0.05) is 23.7 Å². The number of halogens is 1. The Hall–Kier alpha value is -1.99. The maximum absolute atomic E-state index is 11.9. The molecule has 0 bridgehead atoms. The number of terminal acetylenes is 1. The number of carbonyl (C=O) groups excluding carboxylic acids is 2. The summed E-state index contributed by atoms with van der Waals surface area (Å²) in [6, 6.07) is 7.02. The molecule has 1 aliphatic heterocycles. The van der Waals surface area contributed by atoms with E-state index in [2.05, 4.69) is 11.2 Å². The molecule has 1 saturated heterocycles. The van der Waals surface area contributed by atoms with Crippen molar-refractivity contribution >= 4 is 29.1 Å². The van der Waals surface area contributed by atoms with Gasteiger partial charge >= 0.3 is 0 Å². The van der Waals surface area contributed by atoms with Crippen LogP contribution in [0.3, 0.4) is 0 Å². The summed E-state index contributed by atoms with van der Waals surface area (Å²) in [5.41, 5.74) is 0.713. The smallest absolute Gasteiger partial charge is 0.227 e. The van der Waals surface area contributed by atoms with Crippen LogP contribution in [0, 0.1) is 18.3 Å². The molecule has 0 aromatic heterocycles. The minimum atomic E-state index is -0.361. The van der Waals surface area contributed by atoms with Gasteiger partial charge in [0.2, 0.25) is 11.8 Å². The number of anilines is 1. The lowest BCUT2D eigenvalue weighted by molar-refractivity contribution is -0.126. The summed E-state index contributed by atoms with van der Waals surface area (Å²) in [6.07, 6.45) is 5.28. The number of benzene rings is 1. The van der Waals surface area contributed by atoms with Gasteiger partial charge in [-0.3, -0.25) is 9.59 Å². The Morgan fingerprint density at radius 3 is 3.05 bits per heavy atom. The summed E-state index contributed by atoms with van der Waals surface area (Å²) in [4.78, 5) is 25.3. The van der Waals surface area contributed by atoms with E-state index < -0.39 is 0 Å². The van der Waals surface area contributed by atoms with E-state index in [1.165, 1.54) is 0 Å². The number of nitrogens with one attached hydrogen (secondary N) is 1. The highest BCUT2D eigenvalue weighted by molar-refractivity contribution is 6.30. The molecule has 0 saturated carbocycles. The predicted molar refractivity (Wildman–Crippen MR) is 73.8 cm³/mol. The largest absolute Gasteiger partial charge is 0.345 e. The average molecular weight is 277 g/mol. The Labute approximate surface area is 116 Å². The van der Waals surface area contributed by atoms with Crippen LogP contribution in [-0.4, -0.2) is 24.9 Å². The highest BCUT2D eigenvalue weighted by Crippen LogP contribution is 2.27. The number of nitrogens with zero attached hydrogens (tertiary/aromatic N) is 1. The molecule has 1 aromatic rings. The molecule has 1 heterocycles. The van der Waals surface area contributed by atoms with Crippen molar-refractivity contribution in [3.05, 3.63) is 29.3 Å². The zero-order valence-electron chi connectivity index (χ0n) is 10.2. The van der Waals surface area contributed by atoms with Crippen LogP contribution in [0.4, 0.5) is 5.69 Å². The second kappa shape index (κ2) is 5.77. The van der Waals surface area contributed by atoms with E-state index in [9.17, 15) is 9.59 Å². The Balaban J connectivity index is 2.08. The second-order valence-corrected chi connectivity index (χ2v) is 4.74. The van der Waals surface area contributed by atoms with Crippen molar-refractivity contribution in [3.8, 4) is 12.3 Å². The molecule has 1 fully saturated rings. The van der Waals surface area contributed by atoms with Gasteiger partial charge in [0.1, 0.15) is 0 Å². The molecule has 2 rings (SSSR count). The molecule has 5 heteroatoms. The molecule has 98 valence electrons. The van der Waals surface area contributed by atoms with Gasteiger partial charge in [-0.2, -0.15) is 0 Å². The number of carbonyl (C=O) groups is 2. The summed E-state index contributed by atoms with van der Waals surface area (Å²) < 4.78 is 0. The highest BCUT2D eigenvalue weighted by Gasteiger charge is 2.34. The van der Waals surface area contributed by atoms with Crippen LogP contribution in [0.1, 0.15) is 6.42 Å². The van der Waals surface area contributed by atoms with Crippen LogP contribution in [-0.2, 0) is 9.59 Å². The Bertz CT molecular complexity index is 551. The fourth-order valence-corrected chi connectivity index (χ4v) is 2.24. The third-order valence-electron chi connectivity index (χ3n) is 2.98. The molecule has 1 unspecified atom stereocenters. The summed E-state index contributed by atoms with van der Waals surface area (Å²) >= 11 is 5.90. The molecule has 1 atom stereocenters. The first kappa shape index (κ1) is 13.4. The summed E-state index contributed by atoms with van der Waals surface area (Å²) in [5.74, 6) is 1.71. The minimum absolute atomic E-state index is 0.0804. The molecule has 1 aromatic carbocycles. The van der Waals surface area contributed by atoms with E-state index in [1.54, 1.807) is 29.2 Å². The van der Waals surface area contributed by atoms with Crippen LogP contribution in [0.15, 0.2) is 24.3 Å². The Morgan fingerprint density at radius 1 is 1.58 bits per heavy atom. The second-order valence-electron chi connectivity index (χ2n) is 4.31. The zero-order chi connectivity index (χ0) is 13.8. The number of hydrogen-bond donors (Lipinski definition) is 1. The van der Waals surface area contributed by atoms with Crippen molar-refractivity contribution in [3.63, 3.8) is 0 Å². The highest BCUT2D eigenvalue weighted by atomic mass is 35.5. The van der Waals surface area contributed by atoms with E-state index >= 15 is 0 Å². The average Bonchev–Trinajstić information content (AvgIpc) is 2.78. The van der Waals surface area contributed by atoms with E-state index in [1.807, 2.05) is 0 Å². The quantitative estimate of drug-likeness (QED) is 0.850. The van der Waals surface area contributed by atoms with Gasteiger partial charge in [0.05, 0.1) is 12.5 Å². The summed E-state index contributed by atoms with van der Waals surface area (Å²) in [7, 11) is 0. The molecule has 1 aliphatic rings. The van der Waals surface area contributed by atoms with Gasteiger partial charge in [-0.05, 0) is 18.2 Å². The molecular weight excluding hydrogens is 264 g/mol. The van der Waals surface area contributed by atoms with Crippen molar-refractivity contribution in [1.29, 1.82) is 0 Å². The van der Waals surface area contributed by atoms with E-state index in [0.29, 0.717) is 17.3 Å². The third-order valence-corrected chi connectivity index (χ3v) is 3.22. The van der Waals surface area contributed by atoms with Gasteiger partial charge in [0.25, 0.3) is 0 Å². The summed E-state index contributed by atoms with van der Waals surface area (Å²) in [5, 5.41) is 3.16. The van der Waals surface area contributed by atoms with Gasteiger partial charge in [-0.1, -0.05) is 23.6 Å². The third kappa shape index (κ3) is 3.07. The van der Waals surface area contributed by atoms with Crippen LogP contribution < -0.4 is 10.2 Å². The first-order valence-corrected chi connectivity index (χ1v) is 6.26. The zero-order valence-corrected chi connectivity index (χ0v) is 11.0. The van der Waals surface area contributed by atoms with Gasteiger partial charge in [-0.25, -0.2) is 0 Å². The van der Waals surface area contributed by atoms with Crippen LogP contribution in [0.5, 0.6) is 0 Å². The monoisotopic (exact) mass is 276 g/mol. The molecule has 0 aliphatic carbocycles.